The van der Waals surface area contributed by atoms with Gasteiger partial charge in [-0.1, -0.05) is 12.1 Å². The van der Waals surface area contributed by atoms with E-state index in [1.54, 1.807) is 13.8 Å². The lowest BCUT2D eigenvalue weighted by Gasteiger charge is -2.18. The van der Waals surface area contributed by atoms with Crippen LogP contribution >= 0.6 is 0 Å². The number of rotatable bonds is 5. The number of carboxylic acid groups (broad SMARTS) is 1. The van der Waals surface area contributed by atoms with Crippen LogP contribution in [-0.2, 0) is 11.2 Å². The monoisotopic (exact) mass is 221 g/mol. The van der Waals surface area contributed by atoms with Crippen LogP contribution in [0.15, 0.2) is 24.3 Å². The van der Waals surface area contributed by atoms with Crippen LogP contribution in [0.5, 0.6) is 0 Å². The van der Waals surface area contributed by atoms with E-state index in [0.29, 0.717) is 6.42 Å². The highest BCUT2D eigenvalue weighted by molar-refractivity contribution is 5.73. The van der Waals surface area contributed by atoms with Crippen molar-refractivity contribution >= 4 is 11.7 Å². The molecule has 0 fully saturated rings. The van der Waals surface area contributed by atoms with Crippen LogP contribution in [0.1, 0.15) is 32.3 Å². The summed E-state index contributed by atoms with van der Waals surface area (Å²) in [5.41, 5.74) is 6.92. The first kappa shape index (κ1) is 12.6. The fraction of sp³-hybridized carbons (Fsp3) is 0.462. The molecule has 0 radical (unpaired) electrons. The van der Waals surface area contributed by atoms with Crippen LogP contribution in [0, 0.1) is 5.41 Å². The summed E-state index contributed by atoms with van der Waals surface area (Å²) in [5.74, 6) is -0.732. The molecule has 0 bridgehead atoms. The van der Waals surface area contributed by atoms with Gasteiger partial charge in [0.15, 0.2) is 0 Å². The summed E-state index contributed by atoms with van der Waals surface area (Å²) >= 11 is 0. The highest BCUT2D eigenvalue weighted by atomic mass is 16.4. The molecule has 3 heteroatoms. The quantitative estimate of drug-likeness (QED) is 0.751. The second kappa shape index (κ2) is 5.01. The second-order valence-corrected chi connectivity index (χ2v) is 4.78. The third-order valence-electron chi connectivity index (χ3n) is 2.83. The Bertz CT molecular complexity index is 355. The molecular weight excluding hydrogens is 202 g/mol. The molecule has 88 valence electrons. The summed E-state index contributed by atoms with van der Waals surface area (Å²) in [7, 11) is 0. The summed E-state index contributed by atoms with van der Waals surface area (Å²) in [6.07, 6.45) is 2.47. The molecule has 0 saturated carbocycles. The largest absolute Gasteiger partial charge is 0.481 e. The van der Waals surface area contributed by atoms with E-state index in [2.05, 4.69) is 0 Å². The highest BCUT2D eigenvalue weighted by Crippen LogP contribution is 2.23. The topological polar surface area (TPSA) is 63.3 Å². The molecule has 0 spiro atoms. The third kappa shape index (κ3) is 3.57. The average Bonchev–Trinajstić information content (AvgIpc) is 2.20. The number of hydrogen-bond acceptors (Lipinski definition) is 2. The van der Waals surface area contributed by atoms with Crippen molar-refractivity contribution in [1.82, 2.24) is 0 Å². The Morgan fingerprint density at radius 2 is 1.88 bits per heavy atom. The van der Waals surface area contributed by atoms with Gasteiger partial charge in [0.25, 0.3) is 0 Å². The molecule has 0 aromatic heterocycles. The molecule has 16 heavy (non-hydrogen) atoms. The maximum absolute atomic E-state index is 10.9. The SMILES string of the molecule is CC(C)(CCCc1ccc(N)cc1)C(=O)O. The molecule has 0 heterocycles. The zero-order chi connectivity index (χ0) is 12.2. The van der Waals surface area contributed by atoms with Crippen molar-refractivity contribution in [3.63, 3.8) is 0 Å². The lowest BCUT2D eigenvalue weighted by atomic mass is 9.87. The predicted molar refractivity (Wildman–Crippen MR) is 65.2 cm³/mol. The third-order valence-corrected chi connectivity index (χ3v) is 2.83. The molecular formula is C13H19NO2. The van der Waals surface area contributed by atoms with Crippen LogP contribution in [0.4, 0.5) is 5.69 Å². The first-order valence-corrected chi connectivity index (χ1v) is 5.49. The minimum atomic E-state index is -0.732. The smallest absolute Gasteiger partial charge is 0.309 e. The van der Waals surface area contributed by atoms with Gasteiger partial charge < -0.3 is 10.8 Å². The number of nitrogens with two attached hydrogens (primary N) is 1. The zero-order valence-corrected chi connectivity index (χ0v) is 9.86. The van der Waals surface area contributed by atoms with Crippen molar-refractivity contribution in [1.29, 1.82) is 0 Å². The summed E-state index contributed by atoms with van der Waals surface area (Å²) in [6, 6.07) is 7.72. The van der Waals surface area contributed by atoms with E-state index >= 15 is 0 Å². The van der Waals surface area contributed by atoms with E-state index < -0.39 is 11.4 Å². The number of hydrogen-bond donors (Lipinski definition) is 2. The van der Waals surface area contributed by atoms with E-state index in [-0.39, 0.29) is 0 Å². The molecule has 1 aromatic rings. The lowest BCUT2D eigenvalue weighted by molar-refractivity contribution is -0.147. The number of carboxylic acids is 1. The van der Waals surface area contributed by atoms with Gasteiger partial charge >= 0.3 is 5.97 Å². The van der Waals surface area contributed by atoms with Crippen molar-refractivity contribution in [2.45, 2.75) is 33.1 Å². The summed E-state index contributed by atoms with van der Waals surface area (Å²) in [6.45, 7) is 3.52. The first-order chi connectivity index (χ1) is 7.42. The molecule has 0 atom stereocenters. The van der Waals surface area contributed by atoms with E-state index in [9.17, 15) is 4.79 Å². The molecule has 0 saturated heterocycles. The van der Waals surface area contributed by atoms with Crippen LogP contribution in [0.3, 0.4) is 0 Å². The first-order valence-electron chi connectivity index (χ1n) is 5.49. The molecule has 0 aliphatic carbocycles. The van der Waals surface area contributed by atoms with Gasteiger partial charge in [0, 0.05) is 5.69 Å². The van der Waals surface area contributed by atoms with Crippen molar-refractivity contribution in [3.8, 4) is 0 Å². The molecule has 0 aliphatic rings. The number of aliphatic carboxylic acids is 1. The van der Waals surface area contributed by atoms with Crippen molar-refractivity contribution in [3.05, 3.63) is 29.8 Å². The number of carbonyl (C=O) groups is 1. The maximum atomic E-state index is 10.9. The van der Waals surface area contributed by atoms with Crippen LogP contribution in [-0.4, -0.2) is 11.1 Å². The van der Waals surface area contributed by atoms with Gasteiger partial charge in [-0.25, -0.2) is 0 Å². The average molecular weight is 221 g/mol. The van der Waals surface area contributed by atoms with Crippen molar-refractivity contribution < 1.29 is 9.90 Å². The van der Waals surface area contributed by atoms with E-state index in [4.69, 9.17) is 10.8 Å². The summed E-state index contributed by atoms with van der Waals surface area (Å²) in [4.78, 5) is 10.9. The fourth-order valence-electron chi connectivity index (χ4n) is 1.53. The summed E-state index contributed by atoms with van der Waals surface area (Å²) in [5, 5.41) is 8.96. The Labute approximate surface area is 96.3 Å². The Kier molecular flexibility index (Phi) is 3.93. The van der Waals surface area contributed by atoms with Gasteiger partial charge in [0.1, 0.15) is 0 Å². The van der Waals surface area contributed by atoms with Crippen molar-refractivity contribution in [2.24, 2.45) is 5.41 Å². The zero-order valence-electron chi connectivity index (χ0n) is 9.86. The number of benzene rings is 1. The van der Waals surface area contributed by atoms with Gasteiger partial charge in [-0.15, -0.1) is 0 Å². The normalized spacial score (nSPS) is 11.4. The van der Waals surface area contributed by atoms with Gasteiger partial charge in [0.05, 0.1) is 5.41 Å². The Hall–Kier alpha value is -1.51. The maximum Gasteiger partial charge on any atom is 0.309 e. The van der Waals surface area contributed by atoms with Crippen LogP contribution in [0.2, 0.25) is 0 Å². The number of anilines is 1. The van der Waals surface area contributed by atoms with E-state index in [1.807, 2.05) is 24.3 Å². The van der Waals surface area contributed by atoms with Gasteiger partial charge in [0.2, 0.25) is 0 Å². The van der Waals surface area contributed by atoms with Crippen LogP contribution < -0.4 is 5.73 Å². The minimum Gasteiger partial charge on any atom is -0.481 e. The van der Waals surface area contributed by atoms with Gasteiger partial charge in [-0.05, 0) is 50.8 Å². The Morgan fingerprint density at radius 3 is 2.38 bits per heavy atom. The minimum absolute atomic E-state index is 0.631. The molecule has 3 nitrogen and oxygen atoms in total. The number of nitrogen functional groups attached to an aromatic ring is 1. The fourth-order valence-corrected chi connectivity index (χ4v) is 1.53. The molecule has 1 aromatic carbocycles. The second-order valence-electron chi connectivity index (χ2n) is 4.78. The van der Waals surface area contributed by atoms with Gasteiger partial charge in [-0.3, -0.25) is 4.79 Å². The highest BCUT2D eigenvalue weighted by Gasteiger charge is 2.25. The molecule has 1 rings (SSSR count). The van der Waals surface area contributed by atoms with E-state index in [0.717, 1.165) is 18.5 Å². The lowest BCUT2D eigenvalue weighted by Crippen LogP contribution is -2.23. The molecule has 0 aliphatic heterocycles. The standard InChI is InChI=1S/C13H19NO2/c1-13(2,12(15)16)9-3-4-10-5-7-11(14)8-6-10/h5-8H,3-4,9,14H2,1-2H3,(H,15,16). The summed E-state index contributed by atoms with van der Waals surface area (Å²) < 4.78 is 0. The molecule has 0 unspecified atom stereocenters. The predicted octanol–water partition coefficient (Wildman–Crippen LogP) is 2.70. The van der Waals surface area contributed by atoms with Crippen LogP contribution in [0.25, 0.3) is 0 Å². The Morgan fingerprint density at radius 1 is 1.31 bits per heavy atom. The molecule has 0 amide bonds. The van der Waals surface area contributed by atoms with Gasteiger partial charge in [-0.2, -0.15) is 0 Å². The van der Waals surface area contributed by atoms with E-state index in [1.165, 1.54) is 5.56 Å². The van der Waals surface area contributed by atoms with Crippen molar-refractivity contribution in [2.75, 3.05) is 5.73 Å². The Balaban J connectivity index is 2.41. The molecule has 3 N–H and O–H groups in total. The number of aryl methyl sites for hydroxylation is 1.